The van der Waals surface area contributed by atoms with Crippen LogP contribution in [0.5, 0.6) is 5.75 Å². The maximum absolute atomic E-state index is 13.1. The molecule has 2 aromatic heterocycles. The summed E-state index contributed by atoms with van der Waals surface area (Å²) in [5.41, 5.74) is 3.13. The Morgan fingerprint density at radius 3 is 2.89 bits per heavy atom. The van der Waals surface area contributed by atoms with Crippen LogP contribution in [0.25, 0.3) is 6.08 Å². The smallest absolute Gasteiger partial charge is 0.336 e. The van der Waals surface area contributed by atoms with Gasteiger partial charge in [-0.25, -0.2) is 4.79 Å². The van der Waals surface area contributed by atoms with Gasteiger partial charge in [-0.05, 0) is 72.1 Å². The fourth-order valence-corrected chi connectivity index (χ4v) is 6.22. The quantitative estimate of drug-likeness (QED) is 0.239. The zero-order chi connectivity index (χ0) is 24.6. The molecular formula is C28H30N2O4S. The van der Waals surface area contributed by atoms with E-state index < -0.39 is 12.1 Å². The third-order valence-corrected chi connectivity index (χ3v) is 8.58. The first-order chi connectivity index (χ1) is 16.8. The Hall–Kier alpha value is -3.32. The van der Waals surface area contributed by atoms with Crippen LogP contribution in [-0.4, -0.2) is 11.9 Å². The third kappa shape index (κ3) is 4.78. The second-order valence-electron chi connectivity index (χ2n) is 9.88. The highest BCUT2D eigenvalue weighted by Crippen LogP contribution is 2.47. The van der Waals surface area contributed by atoms with Gasteiger partial charge >= 0.3 is 5.97 Å². The number of hydrogen-bond acceptors (Lipinski definition) is 6. The minimum absolute atomic E-state index is 0.0433. The average Bonchev–Trinajstić information content (AvgIpc) is 3.50. The minimum atomic E-state index is -0.503. The molecule has 0 bridgehead atoms. The van der Waals surface area contributed by atoms with Crippen molar-refractivity contribution in [1.29, 1.82) is 0 Å². The molecule has 1 amide bonds. The Balaban J connectivity index is 1.31. The van der Waals surface area contributed by atoms with Crippen LogP contribution < -0.4 is 15.4 Å². The third-order valence-electron chi connectivity index (χ3n) is 7.40. The van der Waals surface area contributed by atoms with Crippen molar-refractivity contribution in [3.8, 4) is 5.75 Å². The molecule has 2 atom stereocenters. The molecule has 2 aliphatic rings. The minimum Gasteiger partial charge on any atom is -0.465 e. The maximum atomic E-state index is 13.1. The summed E-state index contributed by atoms with van der Waals surface area (Å²) < 4.78 is 10.6. The van der Waals surface area contributed by atoms with Crippen molar-refractivity contribution in [3.63, 3.8) is 0 Å². The van der Waals surface area contributed by atoms with Gasteiger partial charge in [-0.2, -0.15) is 0 Å². The predicted octanol–water partition coefficient (Wildman–Crippen LogP) is 6.36. The van der Waals surface area contributed by atoms with Crippen molar-refractivity contribution in [1.82, 2.24) is 5.32 Å². The van der Waals surface area contributed by atoms with Gasteiger partial charge in [0.05, 0.1) is 11.8 Å². The summed E-state index contributed by atoms with van der Waals surface area (Å²) in [4.78, 5) is 26.7. The second kappa shape index (κ2) is 9.38. The Bertz CT molecular complexity index is 1270. The van der Waals surface area contributed by atoms with E-state index in [1.54, 1.807) is 47.9 Å². The summed E-state index contributed by atoms with van der Waals surface area (Å²) in [5.74, 6) is 1.07. The highest BCUT2D eigenvalue weighted by Gasteiger charge is 2.37. The first-order valence-electron chi connectivity index (χ1n) is 12.1. The van der Waals surface area contributed by atoms with Crippen LogP contribution in [0.3, 0.4) is 0 Å². The van der Waals surface area contributed by atoms with Crippen LogP contribution in [0.4, 0.5) is 5.00 Å². The lowest BCUT2D eigenvalue weighted by Gasteiger charge is -2.36. The van der Waals surface area contributed by atoms with E-state index in [0.29, 0.717) is 22.8 Å². The van der Waals surface area contributed by atoms with E-state index in [-0.39, 0.29) is 5.91 Å². The van der Waals surface area contributed by atoms with E-state index >= 15 is 0 Å². The van der Waals surface area contributed by atoms with Gasteiger partial charge in [-0.3, -0.25) is 4.79 Å². The van der Waals surface area contributed by atoms with Crippen molar-refractivity contribution in [2.24, 2.45) is 11.3 Å². The Morgan fingerprint density at radius 2 is 2.11 bits per heavy atom. The van der Waals surface area contributed by atoms with E-state index in [0.717, 1.165) is 41.8 Å². The first kappa shape index (κ1) is 23.4. The summed E-state index contributed by atoms with van der Waals surface area (Å²) in [6.45, 7) is 6.96. The van der Waals surface area contributed by atoms with E-state index in [1.807, 2.05) is 12.1 Å². The molecule has 5 rings (SSSR count). The Morgan fingerprint density at radius 1 is 1.26 bits per heavy atom. The molecule has 1 aliphatic heterocycles. The number of ether oxygens (including phenoxy) is 1. The van der Waals surface area contributed by atoms with Gasteiger partial charge in [-0.1, -0.05) is 39.3 Å². The largest absolute Gasteiger partial charge is 0.465 e. The number of benzene rings is 1. The normalized spacial score (nSPS) is 19.6. The number of hydrogen-bond donors (Lipinski definition) is 2. The van der Waals surface area contributed by atoms with Gasteiger partial charge in [0, 0.05) is 11.0 Å². The van der Waals surface area contributed by atoms with Gasteiger partial charge in [0.15, 0.2) is 0 Å². The number of carbonyl (C=O) groups excluding carboxylic acids is 2. The van der Waals surface area contributed by atoms with E-state index in [2.05, 4.69) is 31.4 Å². The number of furan rings is 1. The molecule has 0 saturated carbocycles. The van der Waals surface area contributed by atoms with Crippen LogP contribution in [0.15, 0.2) is 53.2 Å². The van der Waals surface area contributed by atoms with Gasteiger partial charge in [-0.15, -0.1) is 11.3 Å². The van der Waals surface area contributed by atoms with Crippen LogP contribution in [-0.2, 0) is 17.6 Å². The fourth-order valence-electron chi connectivity index (χ4n) is 4.86. The fraction of sp³-hybridized carbons (Fsp3) is 0.357. The Labute approximate surface area is 209 Å². The molecule has 1 aliphatic carbocycles. The Kier molecular flexibility index (Phi) is 6.28. The summed E-state index contributed by atoms with van der Waals surface area (Å²) in [6, 6.07) is 10.7. The molecule has 35 heavy (non-hydrogen) atoms. The van der Waals surface area contributed by atoms with E-state index in [1.165, 1.54) is 16.5 Å². The number of carbonyl (C=O) groups is 2. The number of fused-ring (bicyclic) bond motifs is 3. The molecule has 2 N–H and O–H groups in total. The van der Waals surface area contributed by atoms with Crippen LogP contribution >= 0.6 is 11.3 Å². The van der Waals surface area contributed by atoms with Crippen molar-refractivity contribution >= 4 is 34.3 Å². The van der Waals surface area contributed by atoms with Crippen molar-refractivity contribution < 1.29 is 18.7 Å². The molecule has 1 aromatic carbocycles. The van der Waals surface area contributed by atoms with E-state index in [9.17, 15) is 9.59 Å². The number of anilines is 1. The summed E-state index contributed by atoms with van der Waals surface area (Å²) in [7, 11) is 0. The van der Waals surface area contributed by atoms with Gasteiger partial charge < -0.3 is 19.8 Å². The second-order valence-corrected chi connectivity index (χ2v) is 11.0. The molecule has 0 fully saturated rings. The number of rotatable bonds is 6. The van der Waals surface area contributed by atoms with Crippen LogP contribution in [0.1, 0.15) is 71.9 Å². The number of amides is 1. The molecule has 3 aromatic rings. The highest BCUT2D eigenvalue weighted by molar-refractivity contribution is 7.16. The molecule has 7 heteroatoms. The van der Waals surface area contributed by atoms with Gasteiger partial charge in [0.25, 0.3) is 5.91 Å². The first-order valence-corrected chi connectivity index (χ1v) is 12.9. The lowest BCUT2D eigenvalue weighted by atomic mass is 9.69. The van der Waals surface area contributed by atoms with Crippen molar-refractivity contribution in [3.05, 3.63) is 76.1 Å². The highest BCUT2D eigenvalue weighted by atomic mass is 32.1. The topological polar surface area (TPSA) is 80.6 Å². The number of nitrogens with one attached hydrogen (secondary N) is 2. The predicted molar refractivity (Wildman–Crippen MR) is 138 cm³/mol. The zero-order valence-electron chi connectivity index (χ0n) is 20.2. The summed E-state index contributed by atoms with van der Waals surface area (Å²) in [6.07, 6.45) is 8.28. The van der Waals surface area contributed by atoms with Gasteiger partial charge in [0.1, 0.15) is 22.7 Å². The lowest BCUT2D eigenvalue weighted by Crippen LogP contribution is -2.38. The van der Waals surface area contributed by atoms with Crippen LogP contribution in [0.2, 0.25) is 0 Å². The molecule has 0 spiro atoms. The van der Waals surface area contributed by atoms with Crippen molar-refractivity contribution in [2.45, 2.75) is 52.6 Å². The SMILES string of the molecule is CCC(C)(C)[C@@H]1CCc2c(sc3c2C(=O)N[C@@H](c2cccc(OC(=O)/C=C/c4ccco4)c2)N3)C1. The molecule has 0 unspecified atom stereocenters. The maximum Gasteiger partial charge on any atom is 0.336 e. The monoisotopic (exact) mass is 490 g/mol. The molecule has 0 radical (unpaired) electrons. The average molecular weight is 491 g/mol. The molecular weight excluding hydrogens is 460 g/mol. The molecule has 182 valence electrons. The van der Waals surface area contributed by atoms with Crippen molar-refractivity contribution in [2.75, 3.05) is 5.32 Å². The zero-order valence-corrected chi connectivity index (χ0v) is 21.0. The molecule has 3 heterocycles. The summed E-state index contributed by atoms with van der Waals surface area (Å²) in [5, 5.41) is 7.54. The van der Waals surface area contributed by atoms with E-state index in [4.69, 9.17) is 9.15 Å². The number of esters is 1. The van der Waals surface area contributed by atoms with Crippen LogP contribution in [0, 0.1) is 11.3 Å². The lowest BCUT2D eigenvalue weighted by molar-refractivity contribution is -0.128. The standard InChI is InChI=1S/C28H30N2O4S/c1-4-28(2,3)18-10-12-21-22(16-18)35-27-24(21)26(32)29-25(30-27)17-7-5-8-20(15-17)34-23(31)13-11-19-9-6-14-33-19/h5-9,11,13-15,18,25,30H,4,10,12,16H2,1-3H3,(H,29,32)/b13-11+/t18-,25-/m1/s1. The molecule has 0 saturated heterocycles. The molecule has 6 nitrogen and oxygen atoms in total. The number of thiophene rings is 1. The summed E-state index contributed by atoms with van der Waals surface area (Å²) >= 11 is 1.72. The van der Waals surface area contributed by atoms with Gasteiger partial charge in [0.2, 0.25) is 0 Å².